The first-order chi connectivity index (χ1) is 7.35. The van der Waals surface area contributed by atoms with Gasteiger partial charge in [0.05, 0.1) is 7.11 Å². The SMILES string of the molecule is COC(=O)C[CH]CCCC(=O)OC(C)(C)C. The fraction of sp³-hybridized carbons (Fsp3) is 0.750. The number of hydrogen-bond acceptors (Lipinski definition) is 4. The summed E-state index contributed by atoms with van der Waals surface area (Å²) in [5.74, 6) is -0.448. The van der Waals surface area contributed by atoms with E-state index in [0.717, 1.165) is 0 Å². The van der Waals surface area contributed by atoms with Crippen molar-refractivity contribution in [2.24, 2.45) is 0 Å². The molecule has 0 aromatic heterocycles. The summed E-state index contributed by atoms with van der Waals surface area (Å²) in [6.07, 6.45) is 3.91. The first-order valence-corrected chi connectivity index (χ1v) is 5.45. The van der Waals surface area contributed by atoms with Gasteiger partial charge in [-0.2, -0.15) is 0 Å². The van der Waals surface area contributed by atoms with Crippen LogP contribution in [-0.4, -0.2) is 24.6 Å². The van der Waals surface area contributed by atoms with E-state index in [1.54, 1.807) is 0 Å². The van der Waals surface area contributed by atoms with Crippen LogP contribution in [0.25, 0.3) is 0 Å². The number of ether oxygens (including phenoxy) is 2. The highest BCUT2D eigenvalue weighted by Crippen LogP contribution is 2.10. The van der Waals surface area contributed by atoms with Crippen LogP contribution in [0.1, 0.15) is 46.5 Å². The maximum Gasteiger partial charge on any atom is 0.306 e. The minimum atomic E-state index is -0.424. The molecule has 0 saturated heterocycles. The summed E-state index contributed by atoms with van der Waals surface area (Å²) in [4.78, 5) is 22.0. The fourth-order valence-electron chi connectivity index (χ4n) is 1.09. The van der Waals surface area contributed by atoms with E-state index < -0.39 is 5.60 Å². The Morgan fingerprint density at radius 2 is 1.81 bits per heavy atom. The van der Waals surface area contributed by atoms with Crippen LogP contribution in [0.3, 0.4) is 0 Å². The Morgan fingerprint density at radius 3 is 2.31 bits per heavy atom. The molecule has 16 heavy (non-hydrogen) atoms. The van der Waals surface area contributed by atoms with E-state index in [0.29, 0.717) is 25.7 Å². The maximum atomic E-state index is 11.3. The minimum Gasteiger partial charge on any atom is -0.469 e. The molecule has 4 nitrogen and oxygen atoms in total. The lowest BCUT2D eigenvalue weighted by Crippen LogP contribution is -2.23. The molecule has 0 heterocycles. The minimum absolute atomic E-state index is 0.195. The predicted octanol–water partition coefficient (Wildman–Crippen LogP) is 2.27. The Hall–Kier alpha value is -1.06. The molecule has 0 amide bonds. The molecule has 0 rings (SSSR count). The molecule has 0 fully saturated rings. The lowest BCUT2D eigenvalue weighted by molar-refractivity contribution is -0.154. The molecular formula is C12H21O4. The summed E-state index contributed by atoms with van der Waals surface area (Å²) in [6.45, 7) is 5.52. The molecule has 4 heteroatoms. The molecule has 0 aromatic carbocycles. The second-order valence-corrected chi connectivity index (χ2v) is 4.55. The topological polar surface area (TPSA) is 52.6 Å². The lowest BCUT2D eigenvalue weighted by Gasteiger charge is -2.19. The second-order valence-electron chi connectivity index (χ2n) is 4.55. The van der Waals surface area contributed by atoms with E-state index in [1.165, 1.54) is 7.11 Å². The summed E-state index contributed by atoms with van der Waals surface area (Å²) < 4.78 is 9.62. The zero-order chi connectivity index (χ0) is 12.6. The van der Waals surface area contributed by atoms with Crippen molar-refractivity contribution in [3.8, 4) is 0 Å². The molecule has 0 N–H and O–H groups in total. The van der Waals surface area contributed by atoms with Crippen LogP contribution in [0.2, 0.25) is 0 Å². The number of esters is 2. The second kappa shape index (κ2) is 7.25. The highest BCUT2D eigenvalue weighted by atomic mass is 16.6. The van der Waals surface area contributed by atoms with E-state index in [2.05, 4.69) is 4.74 Å². The smallest absolute Gasteiger partial charge is 0.306 e. The molecule has 0 aromatic rings. The van der Waals surface area contributed by atoms with Gasteiger partial charge in [-0.3, -0.25) is 9.59 Å². The van der Waals surface area contributed by atoms with Crippen molar-refractivity contribution in [1.29, 1.82) is 0 Å². The van der Waals surface area contributed by atoms with Gasteiger partial charge in [0.25, 0.3) is 0 Å². The van der Waals surface area contributed by atoms with Gasteiger partial charge in [-0.1, -0.05) is 0 Å². The van der Waals surface area contributed by atoms with Crippen LogP contribution in [0.4, 0.5) is 0 Å². The standard InChI is InChI=1S/C12H21O4/c1-12(2,3)16-11(14)9-7-5-6-8-10(13)15-4/h6H,5,7-9H2,1-4H3. The van der Waals surface area contributed by atoms with Gasteiger partial charge >= 0.3 is 11.9 Å². The average molecular weight is 229 g/mol. The van der Waals surface area contributed by atoms with Crippen molar-refractivity contribution in [3.05, 3.63) is 6.42 Å². The summed E-state index contributed by atoms with van der Waals surface area (Å²) in [7, 11) is 1.36. The van der Waals surface area contributed by atoms with Crippen LogP contribution in [0, 0.1) is 6.42 Å². The van der Waals surface area contributed by atoms with Crippen LogP contribution < -0.4 is 0 Å². The zero-order valence-corrected chi connectivity index (χ0v) is 10.5. The van der Waals surface area contributed by atoms with Gasteiger partial charge in [-0.15, -0.1) is 0 Å². The third-order valence-corrected chi connectivity index (χ3v) is 1.75. The Kier molecular flexibility index (Phi) is 6.77. The Balaban J connectivity index is 3.45. The highest BCUT2D eigenvalue weighted by molar-refractivity contribution is 5.70. The summed E-state index contributed by atoms with van der Waals surface area (Å²) in [6, 6.07) is 0. The monoisotopic (exact) mass is 229 g/mol. The zero-order valence-electron chi connectivity index (χ0n) is 10.5. The predicted molar refractivity (Wildman–Crippen MR) is 60.6 cm³/mol. The van der Waals surface area contributed by atoms with Gasteiger partial charge in [0.1, 0.15) is 5.60 Å². The van der Waals surface area contributed by atoms with Crippen molar-refractivity contribution in [3.63, 3.8) is 0 Å². The summed E-state index contributed by atoms with van der Waals surface area (Å²) >= 11 is 0. The van der Waals surface area contributed by atoms with Gasteiger partial charge in [0.2, 0.25) is 0 Å². The number of methoxy groups -OCH3 is 1. The van der Waals surface area contributed by atoms with Crippen molar-refractivity contribution < 1.29 is 19.1 Å². The van der Waals surface area contributed by atoms with E-state index in [1.807, 2.05) is 27.2 Å². The molecule has 0 aliphatic carbocycles. The van der Waals surface area contributed by atoms with E-state index in [9.17, 15) is 9.59 Å². The number of carbonyl (C=O) groups excluding carboxylic acids is 2. The number of unbranched alkanes of at least 4 members (excludes halogenated alkanes) is 2. The molecule has 1 radical (unpaired) electrons. The first-order valence-electron chi connectivity index (χ1n) is 5.45. The third kappa shape index (κ3) is 9.49. The van der Waals surface area contributed by atoms with Crippen molar-refractivity contribution in [2.45, 2.75) is 52.1 Å². The Morgan fingerprint density at radius 1 is 1.19 bits per heavy atom. The van der Waals surface area contributed by atoms with Gasteiger partial charge in [-0.05, 0) is 40.0 Å². The summed E-state index contributed by atoms with van der Waals surface area (Å²) in [5, 5.41) is 0. The van der Waals surface area contributed by atoms with Crippen LogP contribution in [0.5, 0.6) is 0 Å². The quantitative estimate of drug-likeness (QED) is 0.518. The van der Waals surface area contributed by atoms with E-state index >= 15 is 0 Å². The third-order valence-electron chi connectivity index (χ3n) is 1.75. The van der Waals surface area contributed by atoms with Crippen LogP contribution in [0.15, 0.2) is 0 Å². The number of rotatable bonds is 6. The molecule has 0 aliphatic heterocycles. The van der Waals surface area contributed by atoms with E-state index in [-0.39, 0.29) is 11.9 Å². The molecule has 93 valence electrons. The van der Waals surface area contributed by atoms with Crippen molar-refractivity contribution >= 4 is 11.9 Å². The Bertz CT molecular complexity index is 228. The van der Waals surface area contributed by atoms with E-state index in [4.69, 9.17) is 4.74 Å². The molecule has 0 spiro atoms. The van der Waals surface area contributed by atoms with Gasteiger partial charge in [0.15, 0.2) is 0 Å². The first kappa shape index (κ1) is 14.9. The number of hydrogen-bond donors (Lipinski definition) is 0. The number of carbonyl (C=O) groups is 2. The summed E-state index contributed by atoms with van der Waals surface area (Å²) in [5.41, 5.74) is -0.424. The molecule has 0 saturated carbocycles. The Labute approximate surface area is 97.3 Å². The maximum absolute atomic E-state index is 11.3. The molecule has 0 aliphatic rings. The van der Waals surface area contributed by atoms with Gasteiger partial charge < -0.3 is 9.47 Å². The van der Waals surface area contributed by atoms with Gasteiger partial charge in [0, 0.05) is 12.8 Å². The normalized spacial score (nSPS) is 11.0. The molecule has 0 unspecified atom stereocenters. The van der Waals surface area contributed by atoms with Crippen LogP contribution in [-0.2, 0) is 19.1 Å². The van der Waals surface area contributed by atoms with Crippen molar-refractivity contribution in [1.82, 2.24) is 0 Å². The lowest BCUT2D eigenvalue weighted by atomic mass is 10.1. The molecule has 0 bridgehead atoms. The van der Waals surface area contributed by atoms with Gasteiger partial charge in [-0.25, -0.2) is 0 Å². The highest BCUT2D eigenvalue weighted by Gasteiger charge is 2.15. The largest absolute Gasteiger partial charge is 0.469 e. The van der Waals surface area contributed by atoms with Crippen molar-refractivity contribution in [2.75, 3.05) is 7.11 Å². The fourth-order valence-corrected chi connectivity index (χ4v) is 1.09. The molecular weight excluding hydrogens is 208 g/mol. The molecule has 0 atom stereocenters. The van der Waals surface area contributed by atoms with Crippen LogP contribution >= 0.6 is 0 Å². The average Bonchev–Trinajstić information content (AvgIpc) is 2.14.